The maximum absolute atomic E-state index is 11.1. The average molecular weight is 212 g/mol. The van der Waals surface area contributed by atoms with Crippen molar-refractivity contribution < 1.29 is 4.79 Å². The summed E-state index contributed by atoms with van der Waals surface area (Å²) in [6, 6.07) is 4.08. The minimum absolute atomic E-state index is 0.00719. The lowest BCUT2D eigenvalue weighted by Gasteiger charge is -2.11. The molecule has 1 N–H and O–H groups in total. The van der Waals surface area contributed by atoms with Crippen molar-refractivity contribution in [2.45, 2.75) is 20.8 Å². The predicted molar refractivity (Wildman–Crippen MR) is 60.0 cm³/mol. The first-order chi connectivity index (χ1) is 6.54. The normalized spacial score (nSPS) is 10.0. The van der Waals surface area contributed by atoms with Gasteiger partial charge in [0.1, 0.15) is 5.88 Å². The Morgan fingerprint density at radius 3 is 2.21 bits per heavy atom. The van der Waals surface area contributed by atoms with Crippen LogP contribution in [0.15, 0.2) is 12.1 Å². The van der Waals surface area contributed by atoms with Crippen LogP contribution in [0.4, 0.5) is 5.69 Å². The lowest BCUT2D eigenvalue weighted by atomic mass is 10.1. The Labute approximate surface area is 89.3 Å². The van der Waals surface area contributed by atoms with E-state index in [2.05, 4.69) is 5.32 Å². The minimum Gasteiger partial charge on any atom is -0.325 e. The van der Waals surface area contributed by atoms with Gasteiger partial charge in [-0.05, 0) is 31.9 Å². The second-order valence-electron chi connectivity index (χ2n) is 3.46. The number of rotatable bonds is 2. The van der Waals surface area contributed by atoms with Gasteiger partial charge in [0.05, 0.1) is 0 Å². The first-order valence-corrected chi connectivity index (χ1v) is 5.01. The fourth-order valence-electron chi connectivity index (χ4n) is 1.55. The van der Waals surface area contributed by atoms with Crippen molar-refractivity contribution in [3.63, 3.8) is 0 Å². The number of halogens is 1. The zero-order chi connectivity index (χ0) is 10.7. The van der Waals surface area contributed by atoms with Gasteiger partial charge in [0.25, 0.3) is 0 Å². The fourth-order valence-corrected chi connectivity index (χ4v) is 1.62. The molecule has 1 aromatic carbocycles. The molecule has 0 radical (unpaired) electrons. The Bertz CT molecular complexity index is 337. The lowest BCUT2D eigenvalue weighted by Crippen LogP contribution is -2.14. The predicted octanol–water partition coefficient (Wildman–Crippen LogP) is 2.79. The molecule has 0 aliphatic carbocycles. The van der Waals surface area contributed by atoms with Gasteiger partial charge in [-0.25, -0.2) is 0 Å². The van der Waals surface area contributed by atoms with Crippen LogP contribution in [0.25, 0.3) is 0 Å². The van der Waals surface area contributed by atoms with Crippen molar-refractivity contribution in [2.75, 3.05) is 11.2 Å². The van der Waals surface area contributed by atoms with Gasteiger partial charge in [-0.1, -0.05) is 17.7 Å². The van der Waals surface area contributed by atoms with Gasteiger partial charge >= 0.3 is 0 Å². The third kappa shape index (κ3) is 2.48. The van der Waals surface area contributed by atoms with E-state index >= 15 is 0 Å². The summed E-state index contributed by atoms with van der Waals surface area (Å²) in [6.45, 7) is 5.99. The molecule has 0 unspecified atom stereocenters. The quantitative estimate of drug-likeness (QED) is 0.749. The summed E-state index contributed by atoms with van der Waals surface area (Å²) in [5, 5.41) is 2.78. The average Bonchev–Trinajstić information content (AvgIpc) is 2.10. The number of benzene rings is 1. The van der Waals surface area contributed by atoms with E-state index in [9.17, 15) is 4.79 Å². The molecule has 0 saturated heterocycles. The molecule has 1 aromatic rings. The van der Waals surface area contributed by atoms with Crippen LogP contribution in [0, 0.1) is 20.8 Å². The van der Waals surface area contributed by atoms with Crippen LogP contribution in [0.5, 0.6) is 0 Å². The molecule has 0 spiro atoms. The fraction of sp³-hybridized carbons (Fsp3) is 0.364. The number of amides is 1. The summed E-state index contributed by atoms with van der Waals surface area (Å²) in [4.78, 5) is 11.1. The van der Waals surface area contributed by atoms with E-state index in [-0.39, 0.29) is 11.8 Å². The molecular formula is C11H14ClNO. The summed E-state index contributed by atoms with van der Waals surface area (Å²) in [5.74, 6) is -0.172. The Hall–Kier alpha value is -1.02. The standard InChI is InChI=1S/C11H14ClNO/c1-7-4-8(2)11(9(3)5-7)13-10(14)6-12/h4-5H,6H2,1-3H3,(H,13,14). The van der Waals surface area contributed by atoms with Crippen molar-refractivity contribution in [3.05, 3.63) is 28.8 Å². The Morgan fingerprint density at radius 2 is 1.79 bits per heavy atom. The monoisotopic (exact) mass is 211 g/mol. The molecular weight excluding hydrogens is 198 g/mol. The van der Waals surface area contributed by atoms with Crippen LogP contribution in [0.3, 0.4) is 0 Å². The van der Waals surface area contributed by atoms with Crippen molar-refractivity contribution in [1.29, 1.82) is 0 Å². The van der Waals surface area contributed by atoms with E-state index < -0.39 is 0 Å². The van der Waals surface area contributed by atoms with Crippen molar-refractivity contribution in [1.82, 2.24) is 0 Å². The summed E-state index contributed by atoms with van der Waals surface area (Å²) in [5.41, 5.74) is 4.21. The van der Waals surface area contributed by atoms with Gasteiger partial charge in [-0.2, -0.15) is 0 Å². The summed E-state index contributed by atoms with van der Waals surface area (Å²) in [6.07, 6.45) is 0. The van der Waals surface area contributed by atoms with E-state index in [0.717, 1.165) is 16.8 Å². The highest BCUT2D eigenvalue weighted by atomic mass is 35.5. The molecule has 0 heterocycles. The number of aryl methyl sites for hydroxylation is 3. The van der Waals surface area contributed by atoms with Crippen LogP contribution in [-0.2, 0) is 4.79 Å². The number of alkyl halides is 1. The van der Waals surface area contributed by atoms with Crippen LogP contribution < -0.4 is 5.32 Å². The number of hydrogen-bond acceptors (Lipinski definition) is 1. The molecule has 2 nitrogen and oxygen atoms in total. The van der Waals surface area contributed by atoms with E-state index in [1.165, 1.54) is 5.56 Å². The third-order valence-electron chi connectivity index (χ3n) is 2.06. The molecule has 0 bridgehead atoms. The maximum Gasteiger partial charge on any atom is 0.239 e. The molecule has 0 fully saturated rings. The van der Waals surface area contributed by atoms with E-state index in [1.807, 2.05) is 32.9 Å². The number of carbonyl (C=O) groups is 1. The van der Waals surface area contributed by atoms with E-state index in [4.69, 9.17) is 11.6 Å². The van der Waals surface area contributed by atoms with Gasteiger partial charge in [0.15, 0.2) is 0 Å². The second-order valence-corrected chi connectivity index (χ2v) is 3.72. The first kappa shape index (κ1) is 11.1. The Kier molecular flexibility index (Phi) is 3.53. The minimum atomic E-state index is -0.165. The maximum atomic E-state index is 11.1. The second kappa shape index (κ2) is 4.47. The van der Waals surface area contributed by atoms with Crippen LogP contribution in [0.1, 0.15) is 16.7 Å². The smallest absolute Gasteiger partial charge is 0.239 e. The van der Waals surface area contributed by atoms with Gasteiger partial charge in [-0.3, -0.25) is 4.79 Å². The SMILES string of the molecule is Cc1cc(C)c(NC(=O)CCl)c(C)c1. The highest BCUT2D eigenvalue weighted by Crippen LogP contribution is 2.21. The van der Waals surface area contributed by atoms with E-state index in [1.54, 1.807) is 0 Å². The molecule has 0 saturated carbocycles. The Morgan fingerprint density at radius 1 is 1.29 bits per heavy atom. The third-order valence-corrected chi connectivity index (χ3v) is 2.31. The number of nitrogens with one attached hydrogen (secondary N) is 1. The summed E-state index contributed by atoms with van der Waals surface area (Å²) < 4.78 is 0. The van der Waals surface area contributed by atoms with Crippen molar-refractivity contribution in [2.24, 2.45) is 0 Å². The summed E-state index contributed by atoms with van der Waals surface area (Å²) in [7, 11) is 0. The Balaban J connectivity index is 3.02. The molecule has 0 aliphatic heterocycles. The van der Waals surface area contributed by atoms with Gasteiger partial charge in [-0.15, -0.1) is 11.6 Å². The molecule has 0 aliphatic rings. The molecule has 14 heavy (non-hydrogen) atoms. The lowest BCUT2D eigenvalue weighted by molar-refractivity contribution is -0.113. The first-order valence-electron chi connectivity index (χ1n) is 4.48. The van der Waals surface area contributed by atoms with Gasteiger partial charge in [0.2, 0.25) is 5.91 Å². The van der Waals surface area contributed by atoms with Crippen LogP contribution >= 0.6 is 11.6 Å². The molecule has 1 rings (SSSR count). The van der Waals surface area contributed by atoms with E-state index in [0.29, 0.717) is 0 Å². The van der Waals surface area contributed by atoms with Crippen molar-refractivity contribution >= 4 is 23.2 Å². The molecule has 3 heteroatoms. The largest absolute Gasteiger partial charge is 0.325 e. The number of carbonyl (C=O) groups excluding carboxylic acids is 1. The van der Waals surface area contributed by atoms with Gasteiger partial charge < -0.3 is 5.32 Å². The highest BCUT2D eigenvalue weighted by Gasteiger charge is 2.06. The number of anilines is 1. The summed E-state index contributed by atoms with van der Waals surface area (Å²) >= 11 is 5.43. The zero-order valence-corrected chi connectivity index (χ0v) is 9.40. The molecule has 0 aromatic heterocycles. The van der Waals surface area contributed by atoms with Crippen LogP contribution in [-0.4, -0.2) is 11.8 Å². The zero-order valence-electron chi connectivity index (χ0n) is 8.65. The van der Waals surface area contributed by atoms with Crippen LogP contribution in [0.2, 0.25) is 0 Å². The molecule has 76 valence electrons. The van der Waals surface area contributed by atoms with Crippen molar-refractivity contribution in [3.8, 4) is 0 Å². The molecule has 1 amide bonds. The number of hydrogen-bond donors (Lipinski definition) is 1. The molecule has 0 atom stereocenters. The topological polar surface area (TPSA) is 29.1 Å². The highest BCUT2D eigenvalue weighted by molar-refractivity contribution is 6.29. The van der Waals surface area contributed by atoms with Gasteiger partial charge in [0, 0.05) is 5.69 Å².